The molecule has 7 nitrogen and oxygen atoms in total. The molecule has 0 bridgehead atoms. The fourth-order valence-corrected chi connectivity index (χ4v) is 3.90. The molecular formula is C23H34N6O. The second kappa shape index (κ2) is 10.8. The Morgan fingerprint density at radius 2 is 1.90 bits per heavy atom. The molecule has 1 saturated heterocycles. The number of aromatic nitrogens is 1. The van der Waals surface area contributed by atoms with Crippen LogP contribution in [0.5, 0.6) is 5.75 Å². The lowest BCUT2D eigenvalue weighted by Gasteiger charge is -2.29. The fraction of sp³-hybridized carbons (Fsp3) is 0.478. The normalized spacial score (nSPS) is 15.7. The summed E-state index contributed by atoms with van der Waals surface area (Å²) in [4.78, 5) is 13.5. The van der Waals surface area contributed by atoms with Crippen LogP contribution in [-0.2, 0) is 6.54 Å². The second-order valence-electron chi connectivity index (χ2n) is 7.72. The van der Waals surface area contributed by atoms with Crippen LogP contribution in [-0.4, -0.2) is 63.7 Å². The molecule has 2 heterocycles. The van der Waals surface area contributed by atoms with E-state index in [1.165, 1.54) is 18.4 Å². The van der Waals surface area contributed by atoms with Crippen LogP contribution in [0.1, 0.15) is 30.0 Å². The number of pyridine rings is 1. The van der Waals surface area contributed by atoms with Crippen LogP contribution in [0.3, 0.4) is 0 Å². The molecule has 2 aromatic rings. The Morgan fingerprint density at radius 3 is 2.53 bits per heavy atom. The number of likely N-dealkylation sites (tertiary alicyclic amines) is 1. The van der Waals surface area contributed by atoms with Crippen molar-refractivity contribution in [3.63, 3.8) is 0 Å². The minimum absolute atomic E-state index is 0.299. The molecule has 2 N–H and O–H groups in total. The maximum Gasteiger partial charge on any atom is 0.191 e. The predicted octanol–water partition coefficient (Wildman–Crippen LogP) is 2.66. The maximum atomic E-state index is 5.32. The molecule has 7 heteroatoms. The van der Waals surface area contributed by atoms with Gasteiger partial charge < -0.3 is 20.3 Å². The van der Waals surface area contributed by atoms with Gasteiger partial charge in [-0.3, -0.25) is 9.89 Å². The number of guanidine groups is 1. The first-order valence-corrected chi connectivity index (χ1v) is 10.6. The lowest BCUT2D eigenvalue weighted by Crippen LogP contribution is -2.42. The van der Waals surface area contributed by atoms with E-state index in [2.05, 4.69) is 43.7 Å². The Labute approximate surface area is 180 Å². The predicted molar refractivity (Wildman–Crippen MR) is 123 cm³/mol. The number of ether oxygens (including phenoxy) is 1. The van der Waals surface area contributed by atoms with E-state index in [1.807, 2.05) is 50.4 Å². The molecule has 0 radical (unpaired) electrons. The molecule has 1 aromatic carbocycles. The number of anilines is 1. The minimum Gasteiger partial charge on any atom is -0.497 e. The van der Waals surface area contributed by atoms with Crippen molar-refractivity contribution in [2.24, 2.45) is 4.99 Å². The maximum absolute atomic E-state index is 5.32. The van der Waals surface area contributed by atoms with E-state index in [0.717, 1.165) is 42.7 Å². The van der Waals surface area contributed by atoms with Crippen molar-refractivity contribution in [1.29, 1.82) is 0 Å². The Morgan fingerprint density at radius 1 is 1.17 bits per heavy atom. The molecule has 3 rings (SSSR count). The van der Waals surface area contributed by atoms with Crippen LogP contribution in [0.15, 0.2) is 47.6 Å². The third-order valence-electron chi connectivity index (χ3n) is 5.51. The number of nitrogens with zero attached hydrogens (tertiary/aromatic N) is 4. The number of rotatable bonds is 8. The van der Waals surface area contributed by atoms with Crippen molar-refractivity contribution >= 4 is 11.8 Å². The summed E-state index contributed by atoms with van der Waals surface area (Å²) in [5.41, 5.74) is 2.43. The number of hydrogen-bond donors (Lipinski definition) is 2. The van der Waals surface area contributed by atoms with Gasteiger partial charge in [-0.05, 0) is 49.7 Å². The number of benzene rings is 1. The van der Waals surface area contributed by atoms with Gasteiger partial charge in [0.05, 0.1) is 13.2 Å². The largest absolute Gasteiger partial charge is 0.497 e. The molecule has 1 fully saturated rings. The number of aliphatic imine (C=N–C) groups is 1. The Kier molecular flexibility index (Phi) is 7.90. The summed E-state index contributed by atoms with van der Waals surface area (Å²) >= 11 is 0. The van der Waals surface area contributed by atoms with Gasteiger partial charge in [0, 0.05) is 46.0 Å². The lowest BCUT2D eigenvalue weighted by atomic mass is 10.1. The lowest BCUT2D eigenvalue weighted by molar-refractivity contribution is 0.245. The second-order valence-corrected chi connectivity index (χ2v) is 7.72. The van der Waals surface area contributed by atoms with E-state index in [4.69, 9.17) is 4.74 Å². The molecule has 0 spiro atoms. The number of methoxy groups -OCH3 is 1. The molecule has 30 heavy (non-hydrogen) atoms. The van der Waals surface area contributed by atoms with E-state index in [-0.39, 0.29) is 0 Å². The van der Waals surface area contributed by atoms with Crippen molar-refractivity contribution in [3.05, 3.63) is 53.7 Å². The number of nitrogens with one attached hydrogen (secondary N) is 2. The van der Waals surface area contributed by atoms with Gasteiger partial charge in [0.1, 0.15) is 11.6 Å². The van der Waals surface area contributed by atoms with Gasteiger partial charge in [-0.15, -0.1) is 0 Å². The van der Waals surface area contributed by atoms with Gasteiger partial charge in [0.15, 0.2) is 5.96 Å². The van der Waals surface area contributed by atoms with Crippen LogP contribution >= 0.6 is 0 Å². The molecular weight excluding hydrogens is 376 g/mol. The highest BCUT2D eigenvalue weighted by molar-refractivity contribution is 5.79. The summed E-state index contributed by atoms with van der Waals surface area (Å²) < 4.78 is 5.32. The quantitative estimate of drug-likeness (QED) is 0.515. The standard InChI is InChI=1S/C23H34N6O/c1-24-23(26-16-19-8-7-13-25-22(19)28(2)3)27-17-21(29-14-5-6-15-29)18-9-11-20(30-4)12-10-18/h7-13,21H,5-6,14-17H2,1-4H3,(H2,24,26,27). The molecule has 0 amide bonds. The topological polar surface area (TPSA) is 65.0 Å². The van der Waals surface area contributed by atoms with Gasteiger partial charge in [-0.25, -0.2) is 4.98 Å². The highest BCUT2D eigenvalue weighted by Crippen LogP contribution is 2.26. The molecule has 1 aliphatic heterocycles. The van der Waals surface area contributed by atoms with Crippen molar-refractivity contribution in [1.82, 2.24) is 20.5 Å². The number of hydrogen-bond acceptors (Lipinski definition) is 5. The van der Waals surface area contributed by atoms with E-state index >= 15 is 0 Å². The summed E-state index contributed by atoms with van der Waals surface area (Å²) in [7, 11) is 7.53. The highest BCUT2D eigenvalue weighted by atomic mass is 16.5. The van der Waals surface area contributed by atoms with Crippen molar-refractivity contribution < 1.29 is 4.74 Å². The van der Waals surface area contributed by atoms with Gasteiger partial charge >= 0.3 is 0 Å². The van der Waals surface area contributed by atoms with Gasteiger partial charge in [-0.1, -0.05) is 18.2 Å². The van der Waals surface area contributed by atoms with Crippen LogP contribution in [0.4, 0.5) is 5.82 Å². The van der Waals surface area contributed by atoms with E-state index in [1.54, 1.807) is 7.11 Å². The van der Waals surface area contributed by atoms with Crippen molar-refractivity contribution in [2.45, 2.75) is 25.4 Å². The molecule has 1 aliphatic rings. The van der Waals surface area contributed by atoms with Crippen LogP contribution < -0.4 is 20.3 Å². The van der Waals surface area contributed by atoms with Crippen LogP contribution in [0.25, 0.3) is 0 Å². The Balaban J connectivity index is 1.64. The Bertz CT molecular complexity index is 815. The zero-order chi connectivity index (χ0) is 21.3. The Hall–Kier alpha value is -2.80. The van der Waals surface area contributed by atoms with E-state index < -0.39 is 0 Å². The zero-order valence-electron chi connectivity index (χ0n) is 18.6. The third-order valence-corrected chi connectivity index (χ3v) is 5.51. The molecule has 1 aromatic heterocycles. The first-order valence-electron chi connectivity index (χ1n) is 10.6. The molecule has 162 valence electrons. The monoisotopic (exact) mass is 410 g/mol. The fourth-order valence-electron chi connectivity index (χ4n) is 3.90. The van der Waals surface area contributed by atoms with Gasteiger partial charge in [-0.2, -0.15) is 0 Å². The van der Waals surface area contributed by atoms with E-state index in [0.29, 0.717) is 12.6 Å². The smallest absolute Gasteiger partial charge is 0.191 e. The molecule has 1 unspecified atom stereocenters. The minimum atomic E-state index is 0.299. The summed E-state index contributed by atoms with van der Waals surface area (Å²) in [5, 5.41) is 6.95. The zero-order valence-corrected chi connectivity index (χ0v) is 18.6. The van der Waals surface area contributed by atoms with Crippen LogP contribution in [0, 0.1) is 0 Å². The average Bonchev–Trinajstić information content (AvgIpc) is 3.31. The summed E-state index contributed by atoms with van der Waals surface area (Å²) in [6.45, 7) is 3.72. The van der Waals surface area contributed by atoms with Gasteiger partial charge in [0.2, 0.25) is 0 Å². The van der Waals surface area contributed by atoms with Gasteiger partial charge in [0.25, 0.3) is 0 Å². The SMILES string of the molecule is CN=C(NCc1cccnc1N(C)C)NCC(c1ccc(OC)cc1)N1CCCC1. The van der Waals surface area contributed by atoms with E-state index in [9.17, 15) is 0 Å². The molecule has 1 atom stereocenters. The molecule has 0 aliphatic carbocycles. The van der Waals surface area contributed by atoms with Crippen molar-refractivity contribution in [2.75, 3.05) is 52.8 Å². The first-order chi connectivity index (χ1) is 14.6. The molecule has 0 saturated carbocycles. The third kappa shape index (κ3) is 5.63. The average molecular weight is 411 g/mol. The summed E-state index contributed by atoms with van der Waals surface area (Å²) in [6.07, 6.45) is 4.34. The summed E-state index contributed by atoms with van der Waals surface area (Å²) in [6, 6.07) is 12.8. The first kappa shape index (κ1) is 21.9. The van der Waals surface area contributed by atoms with Crippen LogP contribution in [0.2, 0.25) is 0 Å². The highest BCUT2D eigenvalue weighted by Gasteiger charge is 2.23. The van der Waals surface area contributed by atoms with Crippen molar-refractivity contribution in [3.8, 4) is 5.75 Å². The summed E-state index contributed by atoms with van der Waals surface area (Å²) in [5.74, 6) is 2.65.